The van der Waals surface area contributed by atoms with Crippen molar-refractivity contribution in [2.75, 3.05) is 5.32 Å². The summed E-state index contributed by atoms with van der Waals surface area (Å²) in [6, 6.07) is 20.9. The number of fused-ring (bicyclic) bond motifs is 1. The van der Waals surface area contributed by atoms with Gasteiger partial charge in [0.1, 0.15) is 11.5 Å². The third-order valence-electron chi connectivity index (χ3n) is 6.96. The highest BCUT2D eigenvalue weighted by molar-refractivity contribution is 5.99. The second-order valence-electron chi connectivity index (χ2n) is 10.1. The van der Waals surface area contributed by atoms with Crippen LogP contribution in [-0.4, -0.2) is 26.8 Å². The smallest absolute Gasteiger partial charge is 0.251 e. The fourth-order valence-corrected chi connectivity index (χ4v) is 4.67. The van der Waals surface area contributed by atoms with Gasteiger partial charge >= 0.3 is 0 Å². The Morgan fingerprint density at radius 1 is 0.927 bits per heavy atom. The third kappa shape index (κ3) is 6.84. The fourth-order valence-electron chi connectivity index (χ4n) is 4.67. The van der Waals surface area contributed by atoms with Gasteiger partial charge in [0.25, 0.3) is 5.91 Å². The van der Waals surface area contributed by atoms with Crippen molar-refractivity contribution >= 4 is 28.3 Å². The highest BCUT2D eigenvalue weighted by Crippen LogP contribution is 2.27. The Kier molecular flexibility index (Phi) is 8.48. The monoisotopic (exact) mass is 549 g/mol. The first kappa shape index (κ1) is 27.7. The van der Waals surface area contributed by atoms with Crippen LogP contribution >= 0.6 is 0 Å². The normalized spacial score (nSPS) is 11.8. The maximum absolute atomic E-state index is 13.4. The van der Waals surface area contributed by atoms with Gasteiger partial charge in [-0.1, -0.05) is 56.2 Å². The molecule has 0 unspecified atom stereocenters. The van der Waals surface area contributed by atoms with Gasteiger partial charge in [0.15, 0.2) is 5.82 Å². The molecule has 0 fully saturated rings. The lowest BCUT2D eigenvalue weighted by Gasteiger charge is -2.16. The van der Waals surface area contributed by atoms with Crippen molar-refractivity contribution in [3.05, 3.63) is 102 Å². The lowest BCUT2D eigenvalue weighted by molar-refractivity contribution is -0.116. The summed E-state index contributed by atoms with van der Waals surface area (Å²) in [5.74, 6) is -0.166. The van der Waals surface area contributed by atoms with E-state index in [2.05, 4.69) is 32.5 Å². The molecule has 8 heteroatoms. The highest BCUT2D eigenvalue weighted by Gasteiger charge is 2.16. The molecule has 5 aromatic rings. The number of halogens is 1. The predicted octanol–water partition coefficient (Wildman–Crippen LogP) is 7.44. The van der Waals surface area contributed by atoms with Gasteiger partial charge < -0.3 is 15.6 Å². The van der Waals surface area contributed by atoms with Crippen LogP contribution in [0.1, 0.15) is 61.5 Å². The molecule has 2 heterocycles. The molecule has 1 atom stereocenters. The van der Waals surface area contributed by atoms with Gasteiger partial charge in [-0.2, -0.15) is 0 Å². The predicted molar refractivity (Wildman–Crippen MR) is 160 cm³/mol. The van der Waals surface area contributed by atoms with Crippen LogP contribution in [-0.2, 0) is 4.79 Å². The number of aromatic amines is 1. The molecule has 0 bridgehead atoms. The maximum atomic E-state index is 13.4. The van der Waals surface area contributed by atoms with Gasteiger partial charge in [-0.15, -0.1) is 0 Å². The molecule has 0 saturated carbocycles. The molecule has 0 aliphatic rings. The van der Waals surface area contributed by atoms with Crippen LogP contribution < -0.4 is 10.6 Å². The first-order valence-electron chi connectivity index (χ1n) is 13.8. The maximum Gasteiger partial charge on any atom is 0.251 e. The quantitative estimate of drug-likeness (QED) is 0.158. The second-order valence-corrected chi connectivity index (χ2v) is 10.1. The Morgan fingerprint density at radius 2 is 1.71 bits per heavy atom. The highest BCUT2D eigenvalue weighted by atomic mass is 19.1. The molecule has 0 radical (unpaired) electrons. The molecular formula is C33H32FN5O2. The Morgan fingerprint density at radius 3 is 2.49 bits per heavy atom. The van der Waals surface area contributed by atoms with Crippen molar-refractivity contribution in [3.8, 4) is 22.8 Å². The number of imidazole rings is 1. The van der Waals surface area contributed by atoms with Crippen LogP contribution in [0.2, 0.25) is 0 Å². The number of carbonyl (C=O) groups excluding carboxylic acids is 2. The first-order valence-corrected chi connectivity index (χ1v) is 13.8. The van der Waals surface area contributed by atoms with E-state index in [1.54, 1.807) is 30.5 Å². The van der Waals surface area contributed by atoms with E-state index in [0.29, 0.717) is 40.4 Å². The summed E-state index contributed by atoms with van der Waals surface area (Å²) in [7, 11) is 0. The lowest BCUT2D eigenvalue weighted by atomic mass is 10.0. The van der Waals surface area contributed by atoms with Crippen LogP contribution in [0.5, 0.6) is 0 Å². The number of unbranched alkanes of at least 4 members (excludes halogenated alkanes) is 2. The zero-order chi connectivity index (χ0) is 28.8. The number of hydrogen-bond acceptors (Lipinski definition) is 4. The van der Waals surface area contributed by atoms with Crippen molar-refractivity contribution in [1.82, 2.24) is 20.3 Å². The summed E-state index contributed by atoms with van der Waals surface area (Å²) in [6.45, 7) is 3.93. The number of anilines is 1. The lowest BCUT2D eigenvalue weighted by Crippen LogP contribution is -2.26. The van der Waals surface area contributed by atoms with E-state index in [-0.39, 0.29) is 23.7 Å². The molecule has 5 rings (SSSR count). The summed E-state index contributed by atoms with van der Waals surface area (Å²) < 4.78 is 13.4. The molecule has 3 N–H and O–H groups in total. The largest absolute Gasteiger partial charge is 0.346 e. The zero-order valence-corrected chi connectivity index (χ0v) is 23.1. The molecule has 2 amide bonds. The summed E-state index contributed by atoms with van der Waals surface area (Å²) in [6.07, 6.45) is 6.70. The van der Waals surface area contributed by atoms with Gasteiger partial charge in [-0.25, -0.2) is 9.37 Å². The fraction of sp³-hybridized carbons (Fsp3) is 0.212. The molecule has 41 heavy (non-hydrogen) atoms. The van der Waals surface area contributed by atoms with Gasteiger partial charge in [0.2, 0.25) is 5.91 Å². The topological polar surface area (TPSA) is 99.8 Å². The Hall–Kier alpha value is -4.85. The number of nitrogens with zero attached hydrogens (tertiary/aromatic N) is 2. The van der Waals surface area contributed by atoms with Crippen molar-refractivity contribution in [2.24, 2.45) is 0 Å². The molecule has 208 valence electrons. The Balaban J connectivity index is 1.43. The van der Waals surface area contributed by atoms with E-state index < -0.39 is 0 Å². The number of amides is 2. The van der Waals surface area contributed by atoms with Crippen molar-refractivity contribution in [3.63, 3.8) is 0 Å². The SMILES string of the molecule is CCCCCC(=O)Nc1cc(C(=O)N[C@H](C)c2ccc(F)cc2)cc(-c2cnc(-c3cc4ccccc4cn3)[nH]2)c1. The summed E-state index contributed by atoms with van der Waals surface area (Å²) in [4.78, 5) is 38.4. The third-order valence-corrected chi connectivity index (χ3v) is 6.96. The Labute approximate surface area is 238 Å². The number of rotatable bonds is 10. The number of carbonyl (C=O) groups is 2. The van der Waals surface area contributed by atoms with Gasteiger partial charge in [-0.3, -0.25) is 14.6 Å². The van der Waals surface area contributed by atoms with Crippen LogP contribution in [0.4, 0.5) is 10.1 Å². The molecule has 7 nitrogen and oxygen atoms in total. The molecule has 2 aromatic heterocycles. The molecule has 0 saturated heterocycles. The number of pyridine rings is 1. The van der Waals surface area contributed by atoms with E-state index in [9.17, 15) is 14.0 Å². The van der Waals surface area contributed by atoms with Gasteiger partial charge in [0, 0.05) is 34.8 Å². The molecule has 3 aromatic carbocycles. The number of hydrogen-bond donors (Lipinski definition) is 3. The van der Waals surface area contributed by atoms with E-state index in [1.807, 2.05) is 49.5 Å². The average Bonchev–Trinajstić information content (AvgIpc) is 3.48. The molecule has 0 aliphatic heterocycles. The van der Waals surface area contributed by atoms with E-state index in [0.717, 1.165) is 35.6 Å². The van der Waals surface area contributed by atoms with E-state index in [4.69, 9.17) is 0 Å². The summed E-state index contributed by atoms with van der Waals surface area (Å²) in [5, 5.41) is 8.01. The van der Waals surface area contributed by atoms with E-state index >= 15 is 0 Å². The van der Waals surface area contributed by atoms with Crippen molar-refractivity contribution in [2.45, 2.75) is 45.6 Å². The standard InChI is InChI=1S/C33H32FN5O2/c1-3-4-5-10-31(40)38-28-16-25(15-26(17-28)33(41)37-21(2)22-11-13-27(34)14-12-22)30-20-36-32(39-30)29-18-23-8-6-7-9-24(23)19-35-29/h6-9,11-21H,3-5,10H2,1-2H3,(H,36,39)(H,37,41)(H,38,40)/t21-/m1/s1. The number of H-pyrrole nitrogens is 1. The number of aromatic nitrogens is 3. The summed E-state index contributed by atoms with van der Waals surface area (Å²) in [5.41, 5.74) is 3.74. The minimum Gasteiger partial charge on any atom is -0.346 e. The van der Waals surface area contributed by atoms with Crippen molar-refractivity contribution < 1.29 is 14.0 Å². The van der Waals surface area contributed by atoms with Crippen LogP contribution in [0.3, 0.4) is 0 Å². The second kappa shape index (κ2) is 12.6. The van der Waals surface area contributed by atoms with Gasteiger partial charge in [0.05, 0.1) is 17.9 Å². The van der Waals surface area contributed by atoms with Crippen LogP contribution in [0, 0.1) is 5.82 Å². The first-order chi connectivity index (χ1) is 19.9. The molecular weight excluding hydrogens is 517 g/mol. The van der Waals surface area contributed by atoms with Crippen LogP contribution in [0.15, 0.2) is 85.2 Å². The number of nitrogens with one attached hydrogen (secondary N) is 3. The van der Waals surface area contributed by atoms with Crippen LogP contribution in [0.25, 0.3) is 33.5 Å². The van der Waals surface area contributed by atoms with Gasteiger partial charge in [-0.05, 0) is 60.7 Å². The van der Waals surface area contributed by atoms with E-state index in [1.165, 1.54) is 12.1 Å². The molecule has 0 aliphatic carbocycles. The minimum absolute atomic E-state index is 0.104. The minimum atomic E-state index is -0.350. The van der Waals surface area contributed by atoms with Crippen molar-refractivity contribution in [1.29, 1.82) is 0 Å². The zero-order valence-electron chi connectivity index (χ0n) is 23.1. The number of benzene rings is 3. The Bertz CT molecular complexity index is 1680. The molecule has 0 spiro atoms. The average molecular weight is 550 g/mol. The summed E-state index contributed by atoms with van der Waals surface area (Å²) >= 11 is 0.